The summed E-state index contributed by atoms with van der Waals surface area (Å²) in [4.78, 5) is 21.1. The van der Waals surface area contributed by atoms with Gasteiger partial charge in [-0.1, -0.05) is 12.1 Å². The van der Waals surface area contributed by atoms with E-state index in [9.17, 15) is 4.79 Å². The summed E-state index contributed by atoms with van der Waals surface area (Å²) in [7, 11) is 0. The van der Waals surface area contributed by atoms with Gasteiger partial charge in [-0.05, 0) is 43.3 Å². The zero-order valence-corrected chi connectivity index (χ0v) is 15.7. The quantitative estimate of drug-likeness (QED) is 0.522. The first kappa shape index (κ1) is 18.3. The molecule has 2 aromatic carbocycles. The number of carbonyl (C=O) groups is 1. The summed E-state index contributed by atoms with van der Waals surface area (Å²) in [6, 6.07) is 14.4. The number of anilines is 2. The number of nitrogens with two attached hydrogens (primary N) is 1. The molecule has 29 heavy (non-hydrogen) atoms. The molecule has 8 nitrogen and oxygen atoms in total. The third-order valence-corrected chi connectivity index (χ3v) is 4.27. The van der Waals surface area contributed by atoms with E-state index in [4.69, 9.17) is 10.5 Å². The SMILES string of the molecule is CCOc1ccc2nc(-c3ccnnc3)nc(Nc3ccccc3C(N)=O)c2c1. The maximum absolute atomic E-state index is 11.8. The van der Waals surface area contributed by atoms with E-state index >= 15 is 0 Å². The van der Waals surface area contributed by atoms with Gasteiger partial charge < -0.3 is 15.8 Å². The molecule has 0 fully saturated rings. The first-order valence-electron chi connectivity index (χ1n) is 9.03. The Morgan fingerprint density at radius 2 is 1.97 bits per heavy atom. The van der Waals surface area contributed by atoms with Crippen LogP contribution in [0.1, 0.15) is 17.3 Å². The molecule has 144 valence electrons. The van der Waals surface area contributed by atoms with Crippen molar-refractivity contribution in [3.63, 3.8) is 0 Å². The lowest BCUT2D eigenvalue weighted by Gasteiger charge is -2.14. The number of fused-ring (bicyclic) bond motifs is 1. The first-order valence-corrected chi connectivity index (χ1v) is 9.03. The van der Waals surface area contributed by atoms with Crippen LogP contribution in [0, 0.1) is 0 Å². The molecule has 0 radical (unpaired) electrons. The van der Waals surface area contributed by atoms with Crippen molar-refractivity contribution in [2.75, 3.05) is 11.9 Å². The highest BCUT2D eigenvalue weighted by molar-refractivity contribution is 6.01. The molecule has 0 aliphatic heterocycles. The van der Waals surface area contributed by atoms with Crippen LogP contribution < -0.4 is 15.8 Å². The topological polar surface area (TPSA) is 116 Å². The number of hydrogen-bond donors (Lipinski definition) is 2. The largest absolute Gasteiger partial charge is 0.494 e. The minimum Gasteiger partial charge on any atom is -0.494 e. The fourth-order valence-electron chi connectivity index (χ4n) is 2.95. The van der Waals surface area contributed by atoms with Gasteiger partial charge in [-0.2, -0.15) is 10.2 Å². The van der Waals surface area contributed by atoms with Crippen LogP contribution in [-0.4, -0.2) is 32.7 Å². The number of benzene rings is 2. The van der Waals surface area contributed by atoms with Crippen LogP contribution in [0.3, 0.4) is 0 Å². The Morgan fingerprint density at radius 3 is 2.72 bits per heavy atom. The molecule has 0 spiro atoms. The van der Waals surface area contributed by atoms with E-state index in [0.717, 1.165) is 10.9 Å². The molecule has 0 saturated carbocycles. The summed E-state index contributed by atoms with van der Waals surface area (Å²) in [5.74, 6) is 1.18. The smallest absolute Gasteiger partial charge is 0.250 e. The molecule has 2 heterocycles. The molecule has 0 atom stereocenters. The van der Waals surface area contributed by atoms with Crippen LogP contribution in [-0.2, 0) is 0 Å². The van der Waals surface area contributed by atoms with Gasteiger partial charge in [-0.3, -0.25) is 4.79 Å². The molecule has 2 aromatic heterocycles. The van der Waals surface area contributed by atoms with Crippen molar-refractivity contribution in [1.82, 2.24) is 20.2 Å². The summed E-state index contributed by atoms with van der Waals surface area (Å²) in [5.41, 5.74) is 7.88. The maximum Gasteiger partial charge on any atom is 0.250 e. The molecule has 0 bridgehead atoms. The van der Waals surface area contributed by atoms with Crippen molar-refractivity contribution in [2.24, 2.45) is 5.73 Å². The molecular weight excluding hydrogens is 368 g/mol. The Bertz CT molecular complexity index is 1180. The predicted molar refractivity (Wildman–Crippen MR) is 110 cm³/mol. The number of nitrogens with one attached hydrogen (secondary N) is 1. The molecule has 0 aliphatic carbocycles. The maximum atomic E-state index is 11.8. The van der Waals surface area contributed by atoms with Crippen LogP contribution in [0.2, 0.25) is 0 Å². The van der Waals surface area contributed by atoms with Crippen LogP contribution in [0.15, 0.2) is 60.9 Å². The average molecular weight is 386 g/mol. The predicted octanol–water partition coefficient (Wildman–Crippen LogP) is 3.33. The highest BCUT2D eigenvalue weighted by atomic mass is 16.5. The molecule has 4 aromatic rings. The first-order chi connectivity index (χ1) is 14.2. The number of carbonyl (C=O) groups excluding carboxylic acids is 1. The van der Waals surface area contributed by atoms with Gasteiger partial charge in [0, 0.05) is 10.9 Å². The van der Waals surface area contributed by atoms with E-state index in [0.29, 0.717) is 40.8 Å². The van der Waals surface area contributed by atoms with Gasteiger partial charge in [0.25, 0.3) is 5.91 Å². The van der Waals surface area contributed by atoms with E-state index in [2.05, 4.69) is 25.5 Å². The minimum atomic E-state index is -0.528. The normalized spacial score (nSPS) is 10.7. The summed E-state index contributed by atoms with van der Waals surface area (Å²) in [5, 5.41) is 11.7. The third kappa shape index (κ3) is 3.81. The van der Waals surface area contributed by atoms with E-state index < -0.39 is 5.91 Å². The van der Waals surface area contributed by atoms with E-state index in [1.54, 1.807) is 36.7 Å². The Morgan fingerprint density at radius 1 is 1.10 bits per heavy atom. The van der Waals surface area contributed by atoms with Crippen molar-refractivity contribution < 1.29 is 9.53 Å². The molecule has 4 rings (SSSR count). The zero-order valence-electron chi connectivity index (χ0n) is 15.7. The Kier molecular flexibility index (Phi) is 4.98. The van der Waals surface area contributed by atoms with Gasteiger partial charge in [0.2, 0.25) is 0 Å². The van der Waals surface area contributed by atoms with E-state index in [1.807, 2.05) is 31.2 Å². The number of hydrogen-bond acceptors (Lipinski definition) is 7. The number of aromatic nitrogens is 4. The third-order valence-electron chi connectivity index (χ3n) is 4.27. The van der Waals surface area contributed by atoms with Crippen molar-refractivity contribution in [1.29, 1.82) is 0 Å². The van der Waals surface area contributed by atoms with Gasteiger partial charge in [0.15, 0.2) is 5.82 Å². The fraction of sp³-hybridized carbons (Fsp3) is 0.0952. The minimum absolute atomic E-state index is 0.368. The molecule has 0 aliphatic rings. The molecule has 0 saturated heterocycles. The van der Waals surface area contributed by atoms with Crippen LogP contribution in [0.5, 0.6) is 5.75 Å². The van der Waals surface area contributed by atoms with Crippen molar-refractivity contribution in [2.45, 2.75) is 6.92 Å². The second-order valence-corrected chi connectivity index (χ2v) is 6.17. The number of amides is 1. The second kappa shape index (κ2) is 7.89. The molecule has 1 amide bonds. The standard InChI is InChI=1S/C21H18N6O2/c1-2-29-14-7-8-18-16(11-14)21(26-17-6-4-3-5-15(17)19(22)28)27-20(25-18)13-9-10-23-24-12-13/h3-12H,2H2,1H3,(H2,22,28)(H,25,26,27). The number of para-hydroxylation sites is 1. The fourth-order valence-corrected chi connectivity index (χ4v) is 2.95. The monoisotopic (exact) mass is 386 g/mol. The summed E-state index contributed by atoms with van der Waals surface area (Å²) in [6.45, 7) is 2.46. The highest BCUT2D eigenvalue weighted by Gasteiger charge is 2.14. The van der Waals surface area contributed by atoms with Gasteiger partial charge in [0.05, 0.1) is 35.8 Å². The molecule has 8 heteroatoms. The number of nitrogens with zero attached hydrogens (tertiary/aromatic N) is 4. The van der Waals surface area contributed by atoms with Gasteiger partial charge >= 0.3 is 0 Å². The Balaban J connectivity index is 1.89. The van der Waals surface area contributed by atoms with Gasteiger partial charge in [0.1, 0.15) is 11.6 Å². The zero-order chi connectivity index (χ0) is 20.2. The molecule has 0 unspecified atom stereocenters. The molecular formula is C21H18N6O2. The average Bonchev–Trinajstić information content (AvgIpc) is 2.75. The van der Waals surface area contributed by atoms with Crippen molar-refractivity contribution in [3.8, 4) is 17.1 Å². The highest BCUT2D eigenvalue weighted by Crippen LogP contribution is 2.30. The van der Waals surface area contributed by atoms with Crippen LogP contribution >= 0.6 is 0 Å². The lowest BCUT2D eigenvalue weighted by atomic mass is 10.1. The van der Waals surface area contributed by atoms with Gasteiger partial charge in [-0.15, -0.1) is 0 Å². The lowest BCUT2D eigenvalue weighted by molar-refractivity contribution is 0.100. The molecule has 3 N–H and O–H groups in total. The summed E-state index contributed by atoms with van der Waals surface area (Å²) < 4.78 is 5.62. The van der Waals surface area contributed by atoms with E-state index in [-0.39, 0.29) is 0 Å². The lowest BCUT2D eigenvalue weighted by Crippen LogP contribution is -2.13. The van der Waals surface area contributed by atoms with Crippen molar-refractivity contribution >= 4 is 28.3 Å². The Labute approximate surface area is 166 Å². The summed E-state index contributed by atoms with van der Waals surface area (Å²) >= 11 is 0. The van der Waals surface area contributed by atoms with Crippen molar-refractivity contribution in [3.05, 3.63) is 66.5 Å². The number of rotatable bonds is 6. The van der Waals surface area contributed by atoms with Gasteiger partial charge in [-0.25, -0.2) is 9.97 Å². The summed E-state index contributed by atoms with van der Waals surface area (Å²) in [6.07, 6.45) is 3.17. The number of ether oxygens (including phenoxy) is 1. The Hall–Kier alpha value is -4.07. The number of primary amides is 1. The second-order valence-electron chi connectivity index (χ2n) is 6.17. The van der Waals surface area contributed by atoms with E-state index in [1.165, 1.54) is 0 Å². The van der Waals surface area contributed by atoms with Crippen LogP contribution in [0.4, 0.5) is 11.5 Å². The van der Waals surface area contributed by atoms with Crippen LogP contribution in [0.25, 0.3) is 22.3 Å².